The van der Waals surface area contributed by atoms with Gasteiger partial charge in [0.25, 0.3) is 0 Å². The van der Waals surface area contributed by atoms with Crippen LogP contribution in [0.4, 0.5) is 0 Å². The molecule has 66 heavy (non-hydrogen) atoms. The molecule has 0 fully saturated rings. The Morgan fingerprint density at radius 1 is 0.227 bits per heavy atom. The van der Waals surface area contributed by atoms with E-state index in [4.69, 9.17) is 26.6 Å². The van der Waals surface area contributed by atoms with Crippen molar-refractivity contribution in [1.82, 2.24) is 0 Å². The van der Waals surface area contributed by atoms with Crippen molar-refractivity contribution in [1.29, 1.82) is 0 Å². The third-order valence-electron chi connectivity index (χ3n) is 12.5. The highest BCUT2D eigenvalue weighted by Crippen LogP contribution is 2.44. The van der Waals surface area contributed by atoms with E-state index in [0.29, 0.717) is 0 Å². The molecule has 0 spiro atoms. The van der Waals surface area contributed by atoms with Crippen molar-refractivity contribution in [3.8, 4) is 0 Å². The van der Waals surface area contributed by atoms with E-state index < -0.39 is 17.6 Å². The summed E-state index contributed by atoms with van der Waals surface area (Å²) in [5, 5.41) is 0. The molecule has 0 saturated carbocycles. The molecule has 0 aromatic heterocycles. The van der Waals surface area contributed by atoms with Gasteiger partial charge in [-0.2, -0.15) is 0 Å². The van der Waals surface area contributed by atoms with E-state index in [2.05, 4.69) is 41.5 Å². The van der Waals surface area contributed by atoms with Crippen molar-refractivity contribution in [2.24, 2.45) is 0 Å². The summed E-state index contributed by atoms with van der Waals surface area (Å²) >= 11 is 0. The SMILES string of the molecule is CCCCCCCCO[Si](CCCSSSSCCC[Si](OCCCCCCCC)(OCCCCCCCC)OCCCCCCCC)(OCCCCCCCC)OCCCCCCCC. The minimum Gasteiger partial charge on any atom is -0.373 e. The third-order valence-corrected chi connectivity index (χ3v) is 24.9. The second kappa shape index (κ2) is 55.9. The number of hydrogen-bond donors (Lipinski definition) is 0. The van der Waals surface area contributed by atoms with Gasteiger partial charge in [-0.1, -0.05) is 256 Å². The molecular formula is C54H114O6S4Si2. The summed E-state index contributed by atoms with van der Waals surface area (Å²) in [6, 6.07) is 1.87. The minimum absolute atomic E-state index is 0.780. The van der Waals surface area contributed by atoms with E-state index in [0.717, 1.165) is 115 Å². The Bertz CT molecular complexity index is 756. The van der Waals surface area contributed by atoms with Gasteiger partial charge in [-0.05, 0) is 71.0 Å². The maximum atomic E-state index is 6.82. The summed E-state index contributed by atoms with van der Waals surface area (Å²) in [6.07, 6.45) is 48.0. The van der Waals surface area contributed by atoms with E-state index in [9.17, 15) is 0 Å². The second-order valence-electron chi connectivity index (χ2n) is 19.1. The molecule has 0 bridgehead atoms. The van der Waals surface area contributed by atoms with Gasteiger partial charge in [0, 0.05) is 63.2 Å². The monoisotopic (exact) mass is 1040 g/mol. The number of hydrogen-bond acceptors (Lipinski definition) is 10. The zero-order valence-corrected chi connectivity index (χ0v) is 50.3. The molecule has 0 rings (SSSR count). The molecule has 12 heteroatoms. The highest BCUT2D eigenvalue weighted by atomic mass is 33.7. The van der Waals surface area contributed by atoms with Crippen molar-refractivity contribution >= 4 is 58.8 Å². The Hall–Kier alpha value is 1.59. The molecule has 0 aliphatic carbocycles. The fraction of sp³-hybridized carbons (Fsp3) is 1.00. The fourth-order valence-corrected chi connectivity index (χ4v) is 20.1. The third kappa shape index (κ3) is 46.7. The maximum absolute atomic E-state index is 6.82. The number of rotatable bonds is 59. The Morgan fingerprint density at radius 3 is 0.606 bits per heavy atom. The Kier molecular flexibility index (Phi) is 57.2. The van der Waals surface area contributed by atoms with Gasteiger partial charge in [-0.25, -0.2) is 0 Å². The van der Waals surface area contributed by atoms with E-state index in [1.54, 1.807) is 0 Å². The largest absolute Gasteiger partial charge is 0.500 e. The molecule has 0 amide bonds. The van der Waals surface area contributed by atoms with E-state index in [1.165, 1.54) is 193 Å². The molecule has 0 aromatic carbocycles. The highest BCUT2D eigenvalue weighted by molar-refractivity contribution is 9.26. The molecule has 398 valence electrons. The molecule has 0 radical (unpaired) electrons. The average Bonchev–Trinajstić information content (AvgIpc) is 3.32. The quantitative estimate of drug-likeness (QED) is 0.0334. The molecule has 6 nitrogen and oxygen atoms in total. The van der Waals surface area contributed by atoms with Crippen LogP contribution < -0.4 is 0 Å². The molecule has 0 aliphatic rings. The van der Waals surface area contributed by atoms with Gasteiger partial charge >= 0.3 is 17.6 Å². The normalized spacial score (nSPS) is 12.3. The van der Waals surface area contributed by atoms with Gasteiger partial charge in [0.05, 0.1) is 0 Å². The topological polar surface area (TPSA) is 55.4 Å². The van der Waals surface area contributed by atoms with Crippen LogP contribution in [0.1, 0.15) is 286 Å². The molecule has 0 unspecified atom stereocenters. The van der Waals surface area contributed by atoms with Gasteiger partial charge in [-0.3, -0.25) is 0 Å². The van der Waals surface area contributed by atoms with Crippen LogP contribution in [0.5, 0.6) is 0 Å². The van der Waals surface area contributed by atoms with Crippen LogP contribution in [-0.2, 0) is 26.6 Å². The van der Waals surface area contributed by atoms with Gasteiger partial charge in [0.2, 0.25) is 0 Å². The lowest BCUT2D eigenvalue weighted by molar-refractivity contribution is 0.0544. The molecule has 0 N–H and O–H groups in total. The summed E-state index contributed by atoms with van der Waals surface area (Å²) in [5.74, 6) is 2.18. The van der Waals surface area contributed by atoms with Crippen LogP contribution in [0.3, 0.4) is 0 Å². The van der Waals surface area contributed by atoms with E-state index in [-0.39, 0.29) is 0 Å². The van der Waals surface area contributed by atoms with Gasteiger partial charge < -0.3 is 26.6 Å². The van der Waals surface area contributed by atoms with Crippen LogP contribution in [0, 0.1) is 0 Å². The lowest BCUT2D eigenvalue weighted by Gasteiger charge is -2.30. The molecule has 0 saturated heterocycles. The molecule has 0 aliphatic heterocycles. The zero-order valence-electron chi connectivity index (χ0n) is 45.0. The van der Waals surface area contributed by atoms with Gasteiger partial charge in [0.15, 0.2) is 0 Å². The van der Waals surface area contributed by atoms with Crippen LogP contribution in [-0.4, -0.2) is 68.8 Å². The lowest BCUT2D eigenvalue weighted by atomic mass is 10.1. The predicted octanol–water partition coefficient (Wildman–Crippen LogP) is 20.6. The summed E-state index contributed by atoms with van der Waals surface area (Å²) < 4.78 is 40.9. The highest BCUT2D eigenvalue weighted by Gasteiger charge is 2.41. The number of unbranched alkanes of at least 4 members (excludes halogenated alkanes) is 30. The predicted molar refractivity (Wildman–Crippen MR) is 306 cm³/mol. The van der Waals surface area contributed by atoms with Gasteiger partial charge in [0.1, 0.15) is 0 Å². The first-order valence-corrected chi connectivity index (χ1v) is 38.0. The van der Waals surface area contributed by atoms with Crippen molar-refractivity contribution < 1.29 is 26.6 Å². The van der Waals surface area contributed by atoms with Crippen molar-refractivity contribution in [3.05, 3.63) is 0 Å². The smallest absolute Gasteiger partial charge is 0.373 e. The van der Waals surface area contributed by atoms with Crippen molar-refractivity contribution in [3.63, 3.8) is 0 Å². The Morgan fingerprint density at radius 2 is 0.409 bits per heavy atom. The summed E-state index contributed by atoms with van der Waals surface area (Å²) in [4.78, 5) is 0. The Balaban J connectivity index is 5.31. The maximum Gasteiger partial charge on any atom is 0.500 e. The minimum atomic E-state index is -2.75. The first kappa shape index (κ1) is 67.6. The Labute approximate surface area is 431 Å². The second-order valence-corrected chi connectivity index (χ2v) is 30.8. The van der Waals surface area contributed by atoms with Crippen molar-refractivity contribution in [2.45, 2.75) is 298 Å². The first-order chi connectivity index (χ1) is 32.6. The summed E-state index contributed by atoms with van der Waals surface area (Å²) in [6.45, 7) is 18.4. The zero-order chi connectivity index (χ0) is 48.0. The summed E-state index contributed by atoms with van der Waals surface area (Å²) in [7, 11) is 2.34. The van der Waals surface area contributed by atoms with Gasteiger partial charge in [-0.15, -0.1) is 0 Å². The first-order valence-electron chi connectivity index (χ1n) is 29.0. The van der Waals surface area contributed by atoms with E-state index in [1.807, 2.05) is 41.2 Å². The standard InChI is InChI=1S/C54H114O6S4Si2/c1-7-13-19-25-31-37-45-55-65(56-46-38-32-26-20-14-8-2,57-47-39-33-27-21-15-9-3)53-43-51-61-63-64-62-52-44-54-66(58-48-40-34-28-22-16-10-4,59-49-41-35-29-23-17-11-5)60-50-42-36-30-24-18-12-6/h7-54H2,1-6H3. The van der Waals surface area contributed by atoms with E-state index >= 15 is 0 Å². The van der Waals surface area contributed by atoms with Crippen LogP contribution in [0.15, 0.2) is 0 Å². The molecule has 0 atom stereocenters. The average molecular weight is 1040 g/mol. The van der Waals surface area contributed by atoms with Crippen molar-refractivity contribution in [2.75, 3.05) is 51.1 Å². The lowest BCUT2D eigenvalue weighted by Crippen LogP contribution is -2.46. The summed E-state index contributed by atoms with van der Waals surface area (Å²) in [5.41, 5.74) is 0. The molecule has 0 aromatic rings. The molecular weight excluding hydrogens is 929 g/mol. The van der Waals surface area contributed by atoms with Crippen LogP contribution >= 0.6 is 41.2 Å². The molecule has 0 heterocycles. The van der Waals surface area contributed by atoms with Crippen LogP contribution in [0.25, 0.3) is 0 Å². The fourth-order valence-electron chi connectivity index (χ4n) is 8.15. The van der Waals surface area contributed by atoms with Crippen LogP contribution in [0.2, 0.25) is 12.1 Å².